The topological polar surface area (TPSA) is 47.0 Å². The predicted molar refractivity (Wildman–Crippen MR) is 70.6 cm³/mol. The maximum atomic E-state index is 5.81. The van der Waals surface area contributed by atoms with Crippen molar-refractivity contribution in [2.75, 3.05) is 19.0 Å². The van der Waals surface area contributed by atoms with Crippen LogP contribution < -0.4 is 10.1 Å². The second-order valence-corrected chi connectivity index (χ2v) is 4.29. The van der Waals surface area contributed by atoms with Gasteiger partial charge in [0.1, 0.15) is 11.6 Å². The van der Waals surface area contributed by atoms with Crippen LogP contribution in [0.25, 0.3) is 0 Å². The molecule has 4 nitrogen and oxygen atoms in total. The van der Waals surface area contributed by atoms with Gasteiger partial charge in [-0.05, 0) is 19.8 Å². The van der Waals surface area contributed by atoms with Gasteiger partial charge >= 0.3 is 0 Å². The lowest BCUT2D eigenvalue weighted by Crippen LogP contribution is -2.13. The van der Waals surface area contributed by atoms with Crippen molar-refractivity contribution in [2.45, 2.75) is 40.5 Å². The quantitative estimate of drug-likeness (QED) is 0.826. The number of hydrogen-bond acceptors (Lipinski definition) is 4. The molecule has 0 aliphatic rings. The summed E-state index contributed by atoms with van der Waals surface area (Å²) in [7, 11) is 1.86. The molecular weight excluding hydrogens is 214 g/mol. The van der Waals surface area contributed by atoms with Crippen molar-refractivity contribution in [3.63, 3.8) is 0 Å². The number of nitrogens with one attached hydrogen (secondary N) is 1. The van der Waals surface area contributed by atoms with Gasteiger partial charge in [-0.15, -0.1) is 0 Å². The Balaban J connectivity index is 2.80. The first-order valence-electron chi connectivity index (χ1n) is 6.28. The maximum absolute atomic E-state index is 5.81. The Labute approximate surface area is 104 Å². The molecule has 0 radical (unpaired) electrons. The molecule has 0 bridgehead atoms. The molecule has 0 aliphatic carbocycles. The Hall–Kier alpha value is -1.32. The van der Waals surface area contributed by atoms with Gasteiger partial charge in [-0.3, -0.25) is 0 Å². The standard InChI is InChI=1S/C13H23N3O/c1-6-11(7-2)8-17-13-9(3)12(14-5)15-10(4)16-13/h11H,6-8H2,1-5H3,(H,14,15,16). The van der Waals surface area contributed by atoms with E-state index in [0.717, 1.165) is 36.7 Å². The first-order chi connectivity index (χ1) is 8.12. The van der Waals surface area contributed by atoms with Gasteiger partial charge in [-0.2, -0.15) is 4.98 Å². The van der Waals surface area contributed by atoms with Crippen LogP contribution >= 0.6 is 0 Å². The van der Waals surface area contributed by atoms with E-state index in [4.69, 9.17) is 4.74 Å². The molecule has 0 spiro atoms. The molecule has 96 valence electrons. The molecule has 1 heterocycles. The van der Waals surface area contributed by atoms with E-state index in [-0.39, 0.29) is 0 Å². The van der Waals surface area contributed by atoms with Gasteiger partial charge in [-0.25, -0.2) is 4.98 Å². The lowest BCUT2D eigenvalue weighted by atomic mass is 10.1. The lowest BCUT2D eigenvalue weighted by Gasteiger charge is -2.16. The van der Waals surface area contributed by atoms with Crippen molar-refractivity contribution in [1.82, 2.24) is 9.97 Å². The number of nitrogens with zero attached hydrogens (tertiary/aromatic N) is 2. The van der Waals surface area contributed by atoms with Crippen LogP contribution in [0.1, 0.15) is 38.1 Å². The average molecular weight is 237 g/mol. The fourth-order valence-electron chi connectivity index (χ4n) is 1.71. The molecule has 0 fully saturated rings. The second-order valence-electron chi connectivity index (χ2n) is 4.29. The third-order valence-corrected chi connectivity index (χ3v) is 3.06. The van der Waals surface area contributed by atoms with E-state index in [0.29, 0.717) is 11.8 Å². The third-order valence-electron chi connectivity index (χ3n) is 3.06. The van der Waals surface area contributed by atoms with E-state index >= 15 is 0 Å². The van der Waals surface area contributed by atoms with Gasteiger partial charge in [0, 0.05) is 7.05 Å². The van der Waals surface area contributed by atoms with Crippen LogP contribution in [0.5, 0.6) is 5.88 Å². The van der Waals surface area contributed by atoms with Crippen LogP contribution in [0, 0.1) is 19.8 Å². The number of aromatic nitrogens is 2. The van der Waals surface area contributed by atoms with Crippen LogP contribution in [0.3, 0.4) is 0 Å². The summed E-state index contributed by atoms with van der Waals surface area (Å²) < 4.78 is 5.81. The first-order valence-corrected chi connectivity index (χ1v) is 6.28. The maximum Gasteiger partial charge on any atom is 0.221 e. The highest BCUT2D eigenvalue weighted by molar-refractivity contribution is 5.47. The molecule has 0 amide bonds. The number of rotatable bonds is 6. The number of aryl methyl sites for hydroxylation is 1. The molecule has 0 atom stereocenters. The van der Waals surface area contributed by atoms with Crippen molar-refractivity contribution in [1.29, 1.82) is 0 Å². The highest BCUT2D eigenvalue weighted by Gasteiger charge is 2.11. The van der Waals surface area contributed by atoms with Gasteiger partial charge in [0.05, 0.1) is 12.2 Å². The van der Waals surface area contributed by atoms with E-state index in [2.05, 4.69) is 29.1 Å². The second kappa shape index (κ2) is 6.42. The Kier molecular flexibility index (Phi) is 5.19. The van der Waals surface area contributed by atoms with Crippen molar-refractivity contribution >= 4 is 5.82 Å². The first kappa shape index (κ1) is 13.7. The van der Waals surface area contributed by atoms with Crippen LogP contribution in [0.2, 0.25) is 0 Å². The van der Waals surface area contributed by atoms with Crippen LogP contribution in [-0.2, 0) is 0 Å². The van der Waals surface area contributed by atoms with Gasteiger partial charge in [-0.1, -0.05) is 26.7 Å². The van der Waals surface area contributed by atoms with Crippen molar-refractivity contribution in [3.05, 3.63) is 11.4 Å². The van der Waals surface area contributed by atoms with Crippen LogP contribution in [0.4, 0.5) is 5.82 Å². The van der Waals surface area contributed by atoms with E-state index in [1.807, 2.05) is 20.9 Å². The van der Waals surface area contributed by atoms with E-state index in [1.165, 1.54) is 0 Å². The highest BCUT2D eigenvalue weighted by Crippen LogP contribution is 2.22. The monoisotopic (exact) mass is 237 g/mol. The molecule has 0 aliphatic heterocycles. The SMILES string of the molecule is CCC(CC)COc1nc(C)nc(NC)c1C. The average Bonchev–Trinajstić information content (AvgIpc) is 2.34. The molecule has 1 rings (SSSR count). The van der Waals surface area contributed by atoms with E-state index < -0.39 is 0 Å². The summed E-state index contributed by atoms with van der Waals surface area (Å²) in [6, 6.07) is 0. The lowest BCUT2D eigenvalue weighted by molar-refractivity contribution is 0.230. The minimum absolute atomic E-state index is 0.600. The molecule has 4 heteroatoms. The van der Waals surface area contributed by atoms with E-state index in [9.17, 15) is 0 Å². The van der Waals surface area contributed by atoms with Crippen LogP contribution in [0.15, 0.2) is 0 Å². The number of hydrogen-bond donors (Lipinski definition) is 1. The summed E-state index contributed by atoms with van der Waals surface area (Å²) in [5.41, 5.74) is 0.976. The molecule has 1 N–H and O–H groups in total. The number of ether oxygens (including phenoxy) is 1. The van der Waals surface area contributed by atoms with Crippen molar-refractivity contribution < 1.29 is 4.74 Å². The Bertz CT molecular complexity index is 362. The summed E-state index contributed by atoms with van der Waals surface area (Å²) in [6.45, 7) is 8.97. The molecule has 1 aromatic rings. The Morgan fingerprint density at radius 2 is 1.82 bits per heavy atom. The van der Waals surface area contributed by atoms with Gasteiger partial charge in [0.2, 0.25) is 5.88 Å². The van der Waals surface area contributed by atoms with E-state index in [1.54, 1.807) is 0 Å². The van der Waals surface area contributed by atoms with Gasteiger partial charge < -0.3 is 10.1 Å². The molecule has 0 saturated heterocycles. The molecule has 1 aromatic heterocycles. The summed E-state index contributed by atoms with van der Waals surface area (Å²) in [4.78, 5) is 8.67. The fourth-order valence-corrected chi connectivity index (χ4v) is 1.71. The van der Waals surface area contributed by atoms with Gasteiger partial charge in [0.15, 0.2) is 0 Å². The minimum Gasteiger partial charge on any atom is -0.477 e. The molecular formula is C13H23N3O. The third kappa shape index (κ3) is 3.58. The Morgan fingerprint density at radius 3 is 2.35 bits per heavy atom. The highest BCUT2D eigenvalue weighted by atomic mass is 16.5. The molecule has 0 saturated carbocycles. The van der Waals surface area contributed by atoms with Crippen molar-refractivity contribution in [2.24, 2.45) is 5.92 Å². The van der Waals surface area contributed by atoms with Crippen molar-refractivity contribution in [3.8, 4) is 5.88 Å². The summed E-state index contributed by atoms with van der Waals surface area (Å²) in [6.07, 6.45) is 2.27. The zero-order chi connectivity index (χ0) is 12.8. The predicted octanol–water partition coefficient (Wildman–Crippen LogP) is 2.95. The van der Waals surface area contributed by atoms with Crippen LogP contribution in [-0.4, -0.2) is 23.6 Å². The fraction of sp³-hybridized carbons (Fsp3) is 0.692. The van der Waals surface area contributed by atoms with Gasteiger partial charge in [0.25, 0.3) is 0 Å². The zero-order valence-electron chi connectivity index (χ0n) is 11.5. The normalized spacial score (nSPS) is 10.7. The number of anilines is 1. The molecule has 0 unspecified atom stereocenters. The summed E-state index contributed by atoms with van der Waals surface area (Å²) in [5.74, 6) is 2.88. The smallest absolute Gasteiger partial charge is 0.221 e. The molecule has 17 heavy (non-hydrogen) atoms. The zero-order valence-corrected chi connectivity index (χ0v) is 11.5. The largest absolute Gasteiger partial charge is 0.477 e. The minimum atomic E-state index is 0.600. The summed E-state index contributed by atoms with van der Waals surface area (Å²) in [5, 5.41) is 3.06. The summed E-state index contributed by atoms with van der Waals surface area (Å²) >= 11 is 0. The molecule has 0 aromatic carbocycles. The Morgan fingerprint density at radius 1 is 1.18 bits per heavy atom.